The SMILES string of the molecule is COc1ccc(OC)c(C(=O)O[C@H]2[C@@H]3[C@]4(OC(C)=O)CO[C@@H]4C[C@H]4O[C@@H]([C@H](OC(=O)N(C)C)C5=C(C)[C@@H](OC(=O)[C@H](O[Si](C(C)C)(C(C)C)C(C)C)[C@H](C=C(C)C)NC(=O)OC(C)(C)C)C[C@]2(O)C5(C)C)[C@@]34C)c1. The molecule has 2 amide bonds. The molecule has 2 saturated carbocycles. The molecule has 18 nitrogen and oxygen atoms in total. The largest absolute Gasteiger partial charge is 0.497 e. The lowest BCUT2D eigenvalue weighted by Gasteiger charge is -2.74. The number of alkyl carbamates (subject to hydrolysis) is 1. The third kappa shape index (κ3) is 10.1. The quantitative estimate of drug-likeness (QED) is 0.0686. The van der Waals surface area contributed by atoms with Crippen molar-refractivity contribution in [2.24, 2.45) is 16.7 Å². The van der Waals surface area contributed by atoms with Crippen LogP contribution >= 0.6 is 0 Å². The predicted octanol–water partition coefficient (Wildman–Crippen LogP) is 8.61. The van der Waals surface area contributed by atoms with E-state index < -0.39 is 121 Å². The molecule has 6 rings (SSSR count). The molecule has 74 heavy (non-hydrogen) atoms. The van der Waals surface area contributed by atoms with Gasteiger partial charge in [0.2, 0.25) is 8.32 Å². The molecule has 2 bridgehead atoms. The number of benzene rings is 1. The molecule has 414 valence electrons. The number of nitrogens with one attached hydrogen (secondary N) is 1. The number of aliphatic hydroxyl groups is 1. The summed E-state index contributed by atoms with van der Waals surface area (Å²) in [4.78, 5) is 73.3. The highest BCUT2D eigenvalue weighted by atomic mass is 28.4. The summed E-state index contributed by atoms with van der Waals surface area (Å²) in [6, 6.07) is 3.56. The minimum atomic E-state index is -2.99. The summed E-state index contributed by atoms with van der Waals surface area (Å²) in [5.74, 6) is -2.99. The van der Waals surface area contributed by atoms with Crippen LogP contribution in [0.25, 0.3) is 0 Å². The number of allylic oxidation sites excluding steroid dienone is 1. The van der Waals surface area contributed by atoms with Gasteiger partial charge in [-0.25, -0.2) is 19.2 Å². The number of nitrogens with zero attached hydrogens (tertiary/aromatic N) is 1. The average molecular weight is 1060 g/mol. The zero-order valence-electron chi connectivity index (χ0n) is 47.4. The molecule has 19 heteroatoms. The van der Waals surface area contributed by atoms with Gasteiger partial charge in [-0.05, 0) is 87.5 Å². The van der Waals surface area contributed by atoms with E-state index in [1.807, 2.05) is 20.8 Å². The third-order valence-corrected chi connectivity index (χ3v) is 22.7. The highest BCUT2D eigenvalue weighted by Crippen LogP contribution is 2.69. The van der Waals surface area contributed by atoms with Gasteiger partial charge in [0.05, 0.1) is 38.9 Å². The van der Waals surface area contributed by atoms with Gasteiger partial charge in [0.25, 0.3) is 0 Å². The van der Waals surface area contributed by atoms with E-state index in [0.717, 1.165) is 5.57 Å². The summed E-state index contributed by atoms with van der Waals surface area (Å²) in [5, 5.41) is 17.3. The Balaban J connectivity index is 1.63. The fourth-order valence-corrected chi connectivity index (χ4v) is 18.8. The summed E-state index contributed by atoms with van der Waals surface area (Å²) < 4.78 is 63.9. The van der Waals surface area contributed by atoms with Gasteiger partial charge in [-0.2, -0.15) is 0 Å². The van der Waals surface area contributed by atoms with Crippen molar-refractivity contribution < 1.29 is 76.1 Å². The van der Waals surface area contributed by atoms with Crippen molar-refractivity contribution in [1.82, 2.24) is 10.2 Å². The predicted molar refractivity (Wildman–Crippen MR) is 276 cm³/mol. The van der Waals surface area contributed by atoms with Crippen molar-refractivity contribution in [1.29, 1.82) is 0 Å². The molecule has 2 aliphatic heterocycles. The molecule has 0 unspecified atom stereocenters. The number of hydrogen-bond acceptors (Lipinski definition) is 16. The number of methoxy groups -OCH3 is 2. The molecule has 12 atom stereocenters. The van der Waals surface area contributed by atoms with Crippen LogP contribution < -0.4 is 14.8 Å². The second-order valence-electron chi connectivity index (χ2n) is 24.1. The van der Waals surface area contributed by atoms with Crippen LogP contribution in [0.3, 0.4) is 0 Å². The number of ether oxygens (including phenoxy) is 9. The number of carbonyl (C=O) groups is 5. The van der Waals surface area contributed by atoms with Gasteiger partial charge in [0.15, 0.2) is 17.8 Å². The van der Waals surface area contributed by atoms with E-state index in [9.17, 15) is 19.5 Å². The van der Waals surface area contributed by atoms with Gasteiger partial charge in [-0.15, -0.1) is 0 Å². The minimum Gasteiger partial charge on any atom is -0.497 e. The zero-order valence-corrected chi connectivity index (χ0v) is 48.4. The molecule has 0 aromatic heterocycles. The highest BCUT2D eigenvalue weighted by Gasteiger charge is 2.82. The maximum Gasteiger partial charge on any atom is 0.409 e. The Bertz CT molecular complexity index is 2370. The summed E-state index contributed by atoms with van der Waals surface area (Å²) in [5.41, 5.74) is -5.71. The van der Waals surface area contributed by atoms with E-state index in [2.05, 4.69) is 46.9 Å². The first-order valence-electron chi connectivity index (χ1n) is 25.9. The van der Waals surface area contributed by atoms with E-state index >= 15 is 9.59 Å². The molecule has 2 heterocycles. The molecule has 5 aliphatic rings. The van der Waals surface area contributed by atoms with Crippen LogP contribution in [0, 0.1) is 16.7 Å². The van der Waals surface area contributed by atoms with Crippen LogP contribution in [0.2, 0.25) is 16.6 Å². The molecule has 2 N–H and O–H groups in total. The zero-order chi connectivity index (χ0) is 55.6. The Morgan fingerprint density at radius 1 is 0.905 bits per heavy atom. The lowest BCUT2D eigenvalue weighted by Crippen LogP contribution is -2.86. The van der Waals surface area contributed by atoms with Crippen LogP contribution in [0.1, 0.15) is 134 Å². The number of carbonyl (C=O) groups excluding carboxylic acids is 5. The lowest BCUT2D eigenvalue weighted by molar-refractivity contribution is -0.416. The molecule has 1 aromatic carbocycles. The minimum absolute atomic E-state index is 0.0101. The van der Waals surface area contributed by atoms with Crippen molar-refractivity contribution in [2.75, 3.05) is 34.9 Å². The maximum atomic E-state index is 15.7. The van der Waals surface area contributed by atoms with Crippen LogP contribution in [-0.4, -0.2) is 149 Å². The van der Waals surface area contributed by atoms with Gasteiger partial charge >= 0.3 is 30.1 Å². The monoisotopic (exact) mass is 1060 g/mol. The summed E-state index contributed by atoms with van der Waals surface area (Å²) in [6.45, 7) is 29.8. The molecule has 3 aliphatic carbocycles. The van der Waals surface area contributed by atoms with Gasteiger partial charge in [-0.3, -0.25) is 4.79 Å². The maximum absolute atomic E-state index is 15.7. The van der Waals surface area contributed by atoms with Crippen molar-refractivity contribution in [3.05, 3.63) is 46.6 Å². The molecule has 1 aromatic rings. The normalized spacial score (nSPS) is 30.6. The topological polar surface area (TPSA) is 213 Å². The fourth-order valence-electron chi connectivity index (χ4n) is 13.3. The Hall–Kier alpha value is -4.69. The number of esters is 3. The fraction of sp³-hybridized carbons (Fsp3) is 0.727. The van der Waals surface area contributed by atoms with E-state index in [1.54, 1.807) is 73.8 Å². The highest BCUT2D eigenvalue weighted by molar-refractivity contribution is 6.77. The molecule has 0 spiro atoms. The van der Waals surface area contributed by atoms with E-state index in [4.69, 9.17) is 47.1 Å². The van der Waals surface area contributed by atoms with Crippen molar-refractivity contribution in [3.63, 3.8) is 0 Å². The second-order valence-corrected chi connectivity index (χ2v) is 29.5. The van der Waals surface area contributed by atoms with Crippen LogP contribution in [0.5, 0.6) is 11.5 Å². The number of amides is 2. The first-order chi connectivity index (χ1) is 34.2. The van der Waals surface area contributed by atoms with Crippen molar-refractivity contribution in [2.45, 2.75) is 206 Å². The first kappa shape index (κ1) is 58.6. The average Bonchev–Trinajstić information content (AvgIpc) is 3.26. The van der Waals surface area contributed by atoms with E-state index in [-0.39, 0.29) is 47.4 Å². The number of rotatable bonds is 16. The summed E-state index contributed by atoms with van der Waals surface area (Å²) >= 11 is 0. The molecular formula is C55H84N2O16Si. The Kier molecular flexibility index (Phi) is 16.6. The summed E-state index contributed by atoms with van der Waals surface area (Å²) in [7, 11) is 2.97. The number of hydrogen-bond donors (Lipinski definition) is 2. The Morgan fingerprint density at radius 2 is 1.53 bits per heavy atom. The lowest BCUT2D eigenvalue weighted by atomic mass is 9.42. The standard InChI is InChI=1S/C55H84N2O16Si/c1-28(2)23-36(56-49(61)72-51(11,12)13)42(73-74(29(3)4,30(5)6)31(7)8)48(60)67-38-26-55(63)46(70-47(59)35-24-34(64-19)21-22-37(35)65-20)44-53(16)39(25-40-54(44,27-66-40)71-33(10)58)68-45(53)43(69-50(62)57(17)18)41(32(38)9)52(55,14)15/h21-24,29-31,36,38-40,42-46,63H,25-27H2,1-20H3,(H,56,61)/t36-,38-,39+,40+,42+,43+,44-,45-,46-,53+,54-,55+/m0/s1. The number of fused-ring (bicyclic) bond motifs is 4. The van der Waals surface area contributed by atoms with Gasteiger partial charge < -0.3 is 62.4 Å². The first-order valence-corrected chi connectivity index (χ1v) is 28.1. The van der Waals surface area contributed by atoms with Crippen LogP contribution in [0.15, 0.2) is 41.0 Å². The third-order valence-electron chi connectivity index (χ3n) is 16.6. The van der Waals surface area contributed by atoms with Gasteiger partial charge in [0, 0.05) is 44.7 Å². The smallest absolute Gasteiger partial charge is 0.409 e. The van der Waals surface area contributed by atoms with Crippen molar-refractivity contribution in [3.8, 4) is 11.5 Å². The molecule has 2 saturated heterocycles. The van der Waals surface area contributed by atoms with Gasteiger partial charge in [0.1, 0.15) is 52.7 Å². The van der Waals surface area contributed by atoms with Crippen LogP contribution in [0.4, 0.5) is 9.59 Å². The molecule has 0 radical (unpaired) electrons. The van der Waals surface area contributed by atoms with Gasteiger partial charge in [-0.1, -0.05) is 74.0 Å². The van der Waals surface area contributed by atoms with E-state index in [1.165, 1.54) is 32.1 Å². The molecule has 4 fully saturated rings. The van der Waals surface area contributed by atoms with Crippen LogP contribution in [-0.2, 0) is 47.2 Å². The summed E-state index contributed by atoms with van der Waals surface area (Å²) in [6.07, 6.45) is -7.80. The van der Waals surface area contributed by atoms with E-state index in [0.29, 0.717) is 16.9 Å². The van der Waals surface area contributed by atoms with Crippen molar-refractivity contribution >= 4 is 38.4 Å². The Labute approximate surface area is 438 Å². The molecular weight excluding hydrogens is 973 g/mol. The second kappa shape index (κ2) is 21.0. The Morgan fingerprint density at radius 3 is 2.03 bits per heavy atom.